The Bertz CT molecular complexity index is 1600. The van der Waals surface area contributed by atoms with E-state index in [-0.39, 0.29) is 51.9 Å². The lowest BCUT2D eigenvalue weighted by atomic mass is 9.88. The van der Waals surface area contributed by atoms with Crippen LogP contribution in [-0.4, -0.2) is 58.5 Å². The van der Waals surface area contributed by atoms with Crippen molar-refractivity contribution in [3.63, 3.8) is 0 Å². The molecule has 0 radical (unpaired) electrons. The molecular formula is C29H27ClF2N6O4. The summed E-state index contributed by atoms with van der Waals surface area (Å²) < 4.78 is 31.1. The number of hydrogen-bond donors (Lipinski definition) is 2. The summed E-state index contributed by atoms with van der Waals surface area (Å²) in [6.45, 7) is 0.675. The Balaban J connectivity index is 1.58. The number of amides is 2. The first-order valence-electron chi connectivity index (χ1n) is 13.2. The number of nitrogens with zero attached hydrogens (tertiary/aromatic N) is 4. The molecular weight excluding hydrogens is 570 g/mol. The average molecular weight is 597 g/mol. The minimum absolute atomic E-state index is 0.00712. The Labute approximate surface area is 245 Å². The highest BCUT2D eigenvalue weighted by molar-refractivity contribution is 6.31. The first-order chi connectivity index (χ1) is 20.0. The highest BCUT2D eigenvalue weighted by Crippen LogP contribution is 2.38. The van der Waals surface area contributed by atoms with Crippen LogP contribution in [0.25, 0.3) is 0 Å². The molecule has 3 heterocycles. The van der Waals surface area contributed by atoms with Crippen molar-refractivity contribution in [1.29, 1.82) is 5.26 Å². The van der Waals surface area contributed by atoms with E-state index >= 15 is 0 Å². The van der Waals surface area contributed by atoms with Crippen molar-refractivity contribution in [3.8, 4) is 11.8 Å². The minimum atomic E-state index is -2.97. The van der Waals surface area contributed by atoms with Gasteiger partial charge >= 0.3 is 6.61 Å². The summed E-state index contributed by atoms with van der Waals surface area (Å²) in [6.07, 6.45) is 0.415. The van der Waals surface area contributed by atoms with Crippen LogP contribution >= 0.6 is 11.6 Å². The van der Waals surface area contributed by atoms with Gasteiger partial charge in [0.2, 0.25) is 5.91 Å². The lowest BCUT2D eigenvalue weighted by Gasteiger charge is -2.37. The van der Waals surface area contributed by atoms with Gasteiger partial charge in [0.1, 0.15) is 29.6 Å². The van der Waals surface area contributed by atoms with Gasteiger partial charge in [0.25, 0.3) is 5.91 Å². The molecule has 2 N–H and O–H groups in total. The lowest BCUT2D eigenvalue weighted by Crippen LogP contribution is -2.49. The number of benzene rings is 2. The molecule has 0 bridgehead atoms. The minimum Gasteiger partial charge on any atom is -0.435 e. The summed E-state index contributed by atoms with van der Waals surface area (Å²) in [5.74, 6) is -1.21. The van der Waals surface area contributed by atoms with Crippen LogP contribution in [0.1, 0.15) is 75.2 Å². The summed E-state index contributed by atoms with van der Waals surface area (Å²) in [7, 11) is 1.49. The van der Waals surface area contributed by atoms with Crippen molar-refractivity contribution in [2.45, 2.75) is 51.0 Å². The summed E-state index contributed by atoms with van der Waals surface area (Å²) in [5, 5.41) is 20.2. The van der Waals surface area contributed by atoms with Gasteiger partial charge in [0, 0.05) is 30.6 Å². The molecule has 13 heteroatoms. The zero-order valence-electron chi connectivity index (χ0n) is 22.9. The molecule has 0 aliphatic carbocycles. The van der Waals surface area contributed by atoms with E-state index in [1.807, 2.05) is 13.0 Å². The molecule has 0 saturated heterocycles. The molecule has 0 fully saturated rings. The Hall–Kier alpha value is -4.34. The number of fused-ring (bicyclic) bond motifs is 3. The lowest BCUT2D eigenvalue weighted by molar-refractivity contribution is -0.125. The van der Waals surface area contributed by atoms with Crippen molar-refractivity contribution in [1.82, 2.24) is 25.3 Å². The molecule has 2 aliphatic heterocycles. The van der Waals surface area contributed by atoms with Crippen molar-refractivity contribution in [2.75, 3.05) is 13.6 Å². The molecule has 2 amide bonds. The molecule has 2 aromatic carbocycles. The van der Waals surface area contributed by atoms with Gasteiger partial charge < -0.3 is 20.3 Å². The molecule has 3 aromatic rings. The molecule has 0 saturated carbocycles. The predicted octanol–water partition coefficient (Wildman–Crippen LogP) is 3.97. The van der Waals surface area contributed by atoms with Gasteiger partial charge in [-0.2, -0.15) is 19.1 Å². The first kappa shape index (κ1) is 29.2. The first-order valence-corrected chi connectivity index (χ1v) is 13.6. The predicted molar refractivity (Wildman–Crippen MR) is 147 cm³/mol. The number of aromatic nitrogens is 2. The number of ketones is 1. The SMILES string of the molecule is CNC(=O)C1CN([C@@H](C)c2ccc(OC(F)F)cc2)C(=O)c2c3c(nn21)CC(C)NC3C(=O)c1ccc(Cl)c(C#N)c1. The van der Waals surface area contributed by atoms with Crippen LogP contribution in [0, 0.1) is 11.3 Å². The molecule has 0 spiro atoms. The van der Waals surface area contributed by atoms with E-state index in [4.69, 9.17) is 11.6 Å². The Morgan fingerprint density at radius 2 is 1.95 bits per heavy atom. The smallest absolute Gasteiger partial charge is 0.387 e. The zero-order chi connectivity index (χ0) is 30.3. The van der Waals surface area contributed by atoms with Crippen LogP contribution in [-0.2, 0) is 11.2 Å². The number of alkyl halides is 2. The van der Waals surface area contributed by atoms with Crippen LogP contribution in [0.15, 0.2) is 42.5 Å². The third-order valence-corrected chi connectivity index (χ3v) is 7.96. The molecule has 218 valence electrons. The third-order valence-electron chi connectivity index (χ3n) is 7.63. The van der Waals surface area contributed by atoms with Crippen molar-refractivity contribution in [3.05, 3.63) is 81.1 Å². The van der Waals surface area contributed by atoms with E-state index in [0.717, 1.165) is 0 Å². The molecule has 3 unspecified atom stereocenters. The van der Waals surface area contributed by atoms with Gasteiger partial charge in [-0.1, -0.05) is 23.7 Å². The largest absolute Gasteiger partial charge is 0.435 e. The van der Waals surface area contributed by atoms with Crippen molar-refractivity contribution in [2.24, 2.45) is 0 Å². The second-order valence-electron chi connectivity index (χ2n) is 10.2. The second kappa shape index (κ2) is 11.5. The van der Waals surface area contributed by atoms with Gasteiger partial charge in [-0.15, -0.1) is 0 Å². The Morgan fingerprint density at radius 1 is 1.24 bits per heavy atom. The number of halogens is 3. The van der Waals surface area contributed by atoms with E-state index in [2.05, 4.69) is 20.5 Å². The molecule has 10 nitrogen and oxygen atoms in total. The van der Waals surface area contributed by atoms with E-state index in [9.17, 15) is 28.4 Å². The summed E-state index contributed by atoms with van der Waals surface area (Å²) in [6, 6.07) is 9.70. The zero-order valence-corrected chi connectivity index (χ0v) is 23.7. The third kappa shape index (κ3) is 5.21. The highest BCUT2D eigenvalue weighted by atomic mass is 35.5. The Morgan fingerprint density at radius 3 is 2.60 bits per heavy atom. The van der Waals surface area contributed by atoms with Crippen LogP contribution in [0.3, 0.4) is 0 Å². The van der Waals surface area contributed by atoms with Crippen molar-refractivity contribution >= 4 is 29.2 Å². The second-order valence-corrected chi connectivity index (χ2v) is 10.6. The van der Waals surface area contributed by atoms with Crippen LogP contribution < -0.4 is 15.4 Å². The van der Waals surface area contributed by atoms with E-state index in [0.29, 0.717) is 23.2 Å². The van der Waals surface area contributed by atoms with E-state index < -0.39 is 30.6 Å². The number of nitrogens with one attached hydrogen (secondary N) is 2. The maximum absolute atomic E-state index is 14.2. The number of ether oxygens (including phenoxy) is 1. The molecule has 1 aromatic heterocycles. The summed E-state index contributed by atoms with van der Waals surface area (Å²) in [4.78, 5) is 42.6. The van der Waals surface area contributed by atoms with E-state index in [1.165, 1.54) is 47.0 Å². The number of Topliss-reactive ketones (excluding diaryl/α,β-unsaturated/α-hetero) is 1. The molecule has 2 aliphatic rings. The van der Waals surface area contributed by atoms with Gasteiger partial charge in [0.15, 0.2) is 5.78 Å². The van der Waals surface area contributed by atoms with Crippen LogP contribution in [0.4, 0.5) is 8.78 Å². The van der Waals surface area contributed by atoms with Gasteiger partial charge in [-0.3, -0.25) is 14.4 Å². The fourth-order valence-corrected chi connectivity index (χ4v) is 5.69. The molecule has 5 rings (SSSR count). The van der Waals surface area contributed by atoms with Gasteiger partial charge in [0.05, 0.1) is 28.9 Å². The number of carbonyl (C=O) groups is 3. The average Bonchev–Trinajstić information content (AvgIpc) is 3.36. The topological polar surface area (TPSA) is 129 Å². The number of rotatable bonds is 7. The quantitative estimate of drug-likeness (QED) is 0.395. The number of nitriles is 1. The standard InChI is InChI=1S/C29H27ClF2N6O4/c1-14-10-21-23(24(35-14)26(39)17-6-9-20(30)18(11-17)12-33)25-28(41)37(13-22(27(40)34-3)38(25)36-21)15(2)16-4-7-19(8-5-16)42-29(31)32/h4-9,11,14-15,22,24,29,35H,10,13H2,1-3H3,(H,34,40)/t14?,15-,22?,24?/m0/s1. The summed E-state index contributed by atoms with van der Waals surface area (Å²) in [5.41, 5.74) is 2.02. The van der Waals surface area contributed by atoms with Gasteiger partial charge in [-0.25, -0.2) is 4.68 Å². The Kier molecular flexibility index (Phi) is 7.99. The monoisotopic (exact) mass is 596 g/mol. The number of likely N-dealkylation sites (N-methyl/N-ethyl adjacent to an activating group) is 1. The van der Waals surface area contributed by atoms with Crippen LogP contribution in [0.2, 0.25) is 5.02 Å². The van der Waals surface area contributed by atoms with Gasteiger partial charge in [-0.05, 0) is 49.7 Å². The van der Waals surface area contributed by atoms with E-state index in [1.54, 1.807) is 19.1 Å². The molecule has 4 atom stereocenters. The fourth-order valence-electron chi connectivity index (χ4n) is 5.53. The fraction of sp³-hybridized carbons (Fsp3) is 0.345. The molecule has 42 heavy (non-hydrogen) atoms. The van der Waals surface area contributed by atoms with Crippen LogP contribution in [0.5, 0.6) is 5.75 Å². The number of carbonyl (C=O) groups excluding carboxylic acids is 3. The highest BCUT2D eigenvalue weighted by Gasteiger charge is 2.45. The summed E-state index contributed by atoms with van der Waals surface area (Å²) >= 11 is 6.08. The normalized spacial score (nSPS) is 20.4. The number of hydrogen-bond acceptors (Lipinski definition) is 7. The maximum atomic E-state index is 14.2. The maximum Gasteiger partial charge on any atom is 0.387 e. The van der Waals surface area contributed by atoms with Crippen molar-refractivity contribution < 1.29 is 27.9 Å².